The summed E-state index contributed by atoms with van der Waals surface area (Å²) in [6.45, 7) is 4.73. The lowest BCUT2D eigenvalue weighted by Crippen LogP contribution is -2.24. The summed E-state index contributed by atoms with van der Waals surface area (Å²) in [5.41, 5.74) is 2.69. The van der Waals surface area contributed by atoms with Gasteiger partial charge in [0.15, 0.2) is 0 Å². The van der Waals surface area contributed by atoms with Crippen molar-refractivity contribution in [2.24, 2.45) is 0 Å². The maximum Gasteiger partial charge on any atom is 0.312 e. The van der Waals surface area contributed by atoms with Gasteiger partial charge in [0.05, 0.1) is 12.2 Å². The van der Waals surface area contributed by atoms with E-state index in [4.69, 9.17) is 4.42 Å². The molecule has 0 saturated heterocycles. The minimum atomic E-state index is -0.792. The number of fused-ring (bicyclic) bond motifs is 1. The third-order valence-electron chi connectivity index (χ3n) is 3.75. The Morgan fingerprint density at radius 2 is 2.20 bits per heavy atom. The normalized spacial score (nSPS) is 17.3. The molecule has 3 rings (SSSR count). The minimum absolute atomic E-state index is 0.454. The lowest BCUT2D eigenvalue weighted by molar-refractivity contribution is -0.138. The highest BCUT2D eigenvalue weighted by Crippen LogP contribution is 2.37. The fraction of sp³-hybridized carbons (Fsp3) is 0.333. The number of para-hydroxylation sites is 1. The van der Waals surface area contributed by atoms with Gasteiger partial charge in [0, 0.05) is 12.2 Å². The Morgan fingerprint density at radius 3 is 2.85 bits per heavy atom. The second-order valence-electron chi connectivity index (χ2n) is 5.08. The summed E-state index contributed by atoms with van der Waals surface area (Å²) < 4.78 is 5.59. The summed E-state index contributed by atoms with van der Waals surface area (Å²) in [6.07, 6.45) is 0. The minimum Gasteiger partial charge on any atom is -0.481 e. The molecule has 2 aromatic rings. The number of aryl methyl sites for hydroxylation is 2. The number of carboxylic acid groups (broad SMARTS) is 1. The molecule has 1 aliphatic rings. The van der Waals surface area contributed by atoms with E-state index in [1.54, 1.807) is 0 Å². The molecule has 1 aliphatic heterocycles. The Morgan fingerprint density at radius 1 is 1.45 bits per heavy atom. The molecule has 5 nitrogen and oxygen atoms in total. The van der Waals surface area contributed by atoms with Gasteiger partial charge in [-0.05, 0) is 25.5 Å². The van der Waals surface area contributed by atoms with E-state index in [0.717, 1.165) is 22.7 Å². The van der Waals surface area contributed by atoms with Crippen LogP contribution in [0.2, 0.25) is 0 Å². The van der Waals surface area contributed by atoms with Crippen molar-refractivity contribution in [1.29, 1.82) is 0 Å². The van der Waals surface area contributed by atoms with E-state index >= 15 is 0 Å². The number of aromatic nitrogens is 1. The molecule has 0 radical (unpaired) electrons. The number of benzene rings is 1. The van der Waals surface area contributed by atoms with Gasteiger partial charge >= 0.3 is 5.97 Å². The molecular formula is C15H16N2O3. The molecule has 1 aromatic heterocycles. The zero-order valence-corrected chi connectivity index (χ0v) is 11.5. The summed E-state index contributed by atoms with van der Waals surface area (Å²) in [5.74, 6) is 0.158. The number of anilines is 1. The van der Waals surface area contributed by atoms with Crippen molar-refractivity contribution >= 4 is 11.7 Å². The maximum atomic E-state index is 11.4. The Hall–Kier alpha value is -2.30. The first-order chi connectivity index (χ1) is 9.56. The fourth-order valence-electron chi connectivity index (χ4n) is 2.62. The van der Waals surface area contributed by atoms with Gasteiger partial charge < -0.3 is 14.4 Å². The maximum absolute atomic E-state index is 11.4. The number of carbonyl (C=O) groups is 1. The third kappa shape index (κ3) is 2.05. The zero-order chi connectivity index (χ0) is 14.3. The highest BCUT2D eigenvalue weighted by Gasteiger charge is 2.33. The molecule has 1 unspecified atom stereocenters. The topological polar surface area (TPSA) is 66.6 Å². The van der Waals surface area contributed by atoms with Gasteiger partial charge in [0.1, 0.15) is 11.7 Å². The second kappa shape index (κ2) is 4.67. The van der Waals surface area contributed by atoms with E-state index in [9.17, 15) is 9.90 Å². The van der Waals surface area contributed by atoms with E-state index < -0.39 is 11.9 Å². The quantitative estimate of drug-likeness (QED) is 0.929. The molecule has 2 heterocycles. The van der Waals surface area contributed by atoms with Gasteiger partial charge in [0.2, 0.25) is 5.89 Å². The molecule has 1 N–H and O–H groups in total. The van der Waals surface area contributed by atoms with Gasteiger partial charge in [-0.1, -0.05) is 18.2 Å². The molecule has 0 saturated carbocycles. The van der Waals surface area contributed by atoms with Crippen molar-refractivity contribution in [3.05, 3.63) is 47.2 Å². The van der Waals surface area contributed by atoms with Crippen LogP contribution in [0.5, 0.6) is 0 Å². The lowest BCUT2D eigenvalue weighted by Gasteiger charge is -2.17. The predicted octanol–water partition coefficient (Wildman–Crippen LogP) is 2.48. The van der Waals surface area contributed by atoms with Gasteiger partial charge in [-0.15, -0.1) is 0 Å². The molecule has 0 aliphatic carbocycles. The molecule has 1 atom stereocenters. The van der Waals surface area contributed by atoms with Crippen molar-refractivity contribution in [3.63, 3.8) is 0 Å². The summed E-state index contributed by atoms with van der Waals surface area (Å²) in [6, 6.07) is 7.61. The summed E-state index contributed by atoms with van der Waals surface area (Å²) >= 11 is 0. The molecule has 0 bridgehead atoms. The van der Waals surface area contributed by atoms with Crippen LogP contribution < -0.4 is 4.90 Å². The van der Waals surface area contributed by atoms with Gasteiger partial charge in [-0.3, -0.25) is 4.79 Å². The van der Waals surface area contributed by atoms with Crippen LogP contribution in [0.1, 0.15) is 28.8 Å². The van der Waals surface area contributed by atoms with Gasteiger partial charge in [-0.2, -0.15) is 0 Å². The van der Waals surface area contributed by atoms with Crippen LogP contribution >= 0.6 is 0 Å². The van der Waals surface area contributed by atoms with Crippen LogP contribution in [-0.2, 0) is 11.3 Å². The molecule has 1 aromatic carbocycles. The lowest BCUT2D eigenvalue weighted by atomic mass is 10.0. The number of nitrogens with zero attached hydrogens (tertiary/aromatic N) is 2. The average Bonchev–Trinajstić information content (AvgIpc) is 2.92. The van der Waals surface area contributed by atoms with Gasteiger partial charge in [0.25, 0.3) is 0 Å². The first-order valence-electron chi connectivity index (χ1n) is 6.56. The zero-order valence-electron chi connectivity index (χ0n) is 11.5. The van der Waals surface area contributed by atoms with Crippen molar-refractivity contribution in [2.45, 2.75) is 26.3 Å². The third-order valence-corrected chi connectivity index (χ3v) is 3.75. The highest BCUT2D eigenvalue weighted by atomic mass is 16.4. The largest absolute Gasteiger partial charge is 0.481 e. The van der Waals surface area contributed by atoms with Crippen molar-refractivity contribution in [3.8, 4) is 0 Å². The Balaban J connectivity index is 1.90. The van der Waals surface area contributed by atoms with Crippen LogP contribution in [0, 0.1) is 13.8 Å². The molecule has 5 heteroatoms. The van der Waals surface area contributed by atoms with Crippen molar-refractivity contribution in [1.82, 2.24) is 4.98 Å². The highest BCUT2D eigenvalue weighted by molar-refractivity contribution is 5.82. The van der Waals surface area contributed by atoms with Crippen LogP contribution in [0.4, 0.5) is 5.69 Å². The molecule has 0 spiro atoms. The molecule has 0 amide bonds. The predicted molar refractivity (Wildman–Crippen MR) is 73.8 cm³/mol. The van der Waals surface area contributed by atoms with Crippen LogP contribution in [0.15, 0.2) is 28.7 Å². The van der Waals surface area contributed by atoms with E-state index in [0.29, 0.717) is 19.0 Å². The standard InChI is InChI=1S/C15H16N2O3/c1-9-10(2)20-14(16-9)8-17-7-12(15(18)19)11-5-3-4-6-13(11)17/h3-6,12H,7-8H2,1-2H3,(H,18,19). The molecule has 104 valence electrons. The number of rotatable bonds is 3. The Labute approximate surface area is 116 Å². The SMILES string of the molecule is Cc1nc(CN2CC(C(=O)O)c3ccccc32)oc1C. The molecule has 0 fully saturated rings. The van der Waals surface area contributed by atoms with E-state index in [2.05, 4.69) is 4.98 Å². The summed E-state index contributed by atoms with van der Waals surface area (Å²) in [4.78, 5) is 17.7. The number of hydrogen-bond donors (Lipinski definition) is 1. The second-order valence-corrected chi connectivity index (χ2v) is 5.08. The number of oxazole rings is 1. The first kappa shape index (κ1) is 12.7. The number of hydrogen-bond acceptors (Lipinski definition) is 4. The average molecular weight is 272 g/mol. The van der Waals surface area contributed by atoms with E-state index in [1.165, 1.54) is 0 Å². The van der Waals surface area contributed by atoms with Gasteiger partial charge in [-0.25, -0.2) is 4.98 Å². The monoisotopic (exact) mass is 272 g/mol. The molecule has 20 heavy (non-hydrogen) atoms. The Kier molecular flexibility index (Phi) is 2.97. The van der Waals surface area contributed by atoms with E-state index in [1.807, 2.05) is 43.0 Å². The summed E-state index contributed by atoms with van der Waals surface area (Å²) in [5, 5.41) is 9.33. The number of aliphatic carboxylic acids is 1. The molecular weight excluding hydrogens is 256 g/mol. The van der Waals surface area contributed by atoms with Crippen molar-refractivity contribution < 1.29 is 14.3 Å². The van der Waals surface area contributed by atoms with Crippen LogP contribution in [-0.4, -0.2) is 22.6 Å². The van der Waals surface area contributed by atoms with Crippen LogP contribution in [0.3, 0.4) is 0 Å². The Bertz CT molecular complexity index is 643. The summed E-state index contributed by atoms with van der Waals surface area (Å²) in [7, 11) is 0. The smallest absolute Gasteiger partial charge is 0.312 e. The number of carboxylic acids is 1. The van der Waals surface area contributed by atoms with Crippen LogP contribution in [0.25, 0.3) is 0 Å². The first-order valence-corrected chi connectivity index (χ1v) is 6.56. The van der Waals surface area contributed by atoms with Crippen molar-refractivity contribution in [2.75, 3.05) is 11.4 Å². The van der Waals surface area contributed by atoms with E-state index in [-0.39, 0.29) is 0 Å². The fourth-order valence-corrected chi connectivity index (χ4v) is 2.62.